The molecule has 0 atom stereocenters. The van der Waals surface area contributed by atoms with Gasteiger partial charge in [0.25, 0.3) is 0 Å². The van der Waals surface area contributed by atoms with Crippen LogP contribution in [-0.4, -0.2) is 4.57 Å². The van der Waals surface area contributed by atoms with Gasteiger partial charge in [0.2, 0.25) is 0 Å². The minimum absolute atomic E-state index is 0.456. The number of rotatable bonds is 7. The van der Waals surface area contributed by atoms with Gasteiger partial charge < -0.3 is 4.57 Å². The second-order valence-corrected chi connectivity index (χ2v) is 15.3. The molecule has 0 N–H and O–H groups in total. The van der Waals surface area contributed by atoms with Gasteiger partial charge in [-0.1, -0.05) is 188 Å². The highest BCUT2D eigenvalue weighted by molar-refractivity contribution is 6.10. The van der Waals surface area contributed by atoms with Crippen molar-refractivity contribution in [2.24, 2.45) is 0 Å². The van der Waals surface area contributed by atoms with Crippen molar-refractivity contribution in [1.82, 2.24) is 4.57 Å². The second-order valence-electron chi connectivity index (χ2n) is 15.3. The maximum Gasteiger partial charge on any atom is 0.0714 e. The summed E-state index contributed by atoms with van der Waals surface area (Å²) < 4.78 is 2.47. The van der Waals surface area contributed by atoms with Crippen LogP contribution in [0.5, 0.6) is 0 Å². The molecule has 0 spiro atoms. The van der Waals surface area contributed by atoms with E-state index in [9.17, 15) is 0 Å². The van der Waals surface area contributed by atoms with Crippen LogP contribution < -0.4 is 0 Å². The average Bonchev–Trinajstić information content (AvgIpc) is 3.77. The Balaban J connectivity index is 1.05. The number of aromatic nitrogens is 1. The fourth-order valence-corrected chi connectivity index (χ4v) is 9.57. The molecule has 1 aliphatic carbocycles. The van der Waals surface area contributed by atoms with Crippen molar-refractivity contribution in [3.05, 3.63) is 258 Å². The number of hydrogen-bond acceptors (Lipinski definition) is 0. The Morgan fingerprint density at radius 1 is 0.333 bits per heavy atom. The normalized spacial score (nSPS) is 12.8. The number of para-hydroxylation sites is 1. The zero-order valence-electron chi connectivity index (χ0n) is 31.5. The van der Waals surface area contributed by atoms with Gasteiger partial charge >= 0.3 is 0 Å². The van der Waals surface area contributed by atoms with E-state index in [1.54, 1.807) is 0 Å². The summed E-state index contributed by atoms with van der Waals surface area (Å²) in [6, 6.07) is 82.8. The van der Waals surface area contributed by atoms with Crippen LogP contribution in [0.15, 0.2) is 224 Å². The lowest BCUT2D eigenvalue weighted by Crippen LogP contribution is -2.28. The first-order valence-electron chi connectivity index (χ1n) is 19.9. The Hall–Kier alpha value is -7.22. The van der Waals surface area contributed by atoms with Gasteiger partial charge in [0.15, 0.2) is 0 Å². The van der Waals surface area contributed by atoms with Crippen molar-refractivity contribution in [1.29, 1.82) is 0 Å². The molecular weight excluding hydrogens is 687 g/mol. The van der Waals surface area contributed by atoms with E-state index in [4.69, 9.17) is 0 Å². The third kappa shape index (κ3) is 5.39. The van der Waals surface area contributed by atoms with Crippen LogP contribution in [0.2, 0.25) is 0 Å². The van der Waals surface area contributed by atoms with Gasteiger partial charge in [-0.2, -0.15) is 0 Å². The van der Waals surface area contributed by atoms with Crippen LogP contribution in [0.1, 0.15) is 33.4 Å². The Kier molecular flexibility index (Phi) is 7.86. The van der Waals surface area contributed by atoms with E-state index in [0.29, 0.717) is 0 Å². The molecule has 1 aliphatic rings. The number of benzene rings is 9. The number of hydrogen-bond donors (Lipinski definition) is 0. The van der Waals surface area contributed by atoms with Crippen LogP contribution in [0.4, 0.5) is 0 Å². The van der Waals surface area contributed by atoms with Gasteiger partial charge in [0, 0.05) is 16.5 Å². The summed E-state index contributed by atoms with van der Waals surface area (Å²) in [7, 11) is 0. The molecule has 0 bridgehead atoms. The van der Waals surface area contributed by atoms with Crippen molar-refractivity contribution in [3.63, 3.8) is 0 Å². The Labute approximate surface area is 333 Å². The molecule has 9 aromatic carbocycles. The fourth-order valence-electron chi connectivity index (χ4n) is 9.57. The maximum atomic E-state index is 2.47. The zero-order chi connectivity index (χ0) is 37.8. The molecule has 0 aliphatic heterocycles. The standard InChI is InChI=1S/C56H39N/c1-4-16-39(17-5-1)34-40-18-14-19-41(35-40)42-20-15-21-43(36-42)44-30-33-55-51(37-44)50-27-11-13-29-54(50)57(55)47-31-32-49-48-26-10-12-28-52(48)56(53(49)38-47,45-22-6-2-7-23-45)46-24-8-3-9-25-46/h1-33,35-38H,34H2. The molecule has 1 heteroatoms. The summed E-state index contributed by atoms with van der Waals surface area (Å²) in [6.07, 6.45) is 0.922. The molecule has 0 unspecified atom stereocenters. The van der Waals surface area contributed by atoms with E-state index in [1.807, 2.05) is 0 Å². The topological polar surface area (TPSA) is 4.93 Å². The summed E-state index contributed by atoms with van der Waals surface area (Å²) in [5.41, 5.74) is 18.4. The second kappa shape index (κ2) is 13.5. The molecule has 1 heterocycles. The highest BCUT2D eigenvalue weighted by atomic mass is 15.0. The molecule has 1 aromatic heterocycles. The van der Waals surface area contributed by atoms with Crippen LogP contribution in [0.3, 0.4) is 0 Å². The molecular formula is C56H39N. The van der Waals surface area contributed by atoms with Crippen molar-refractivity contribution in [3.8, 4) is 39.1 Å². The summed E-state index contributed by atoms with van der Waals surface area (Å²) in [5, 5.41) is 2.50. The van der Waals surface area contributed by atoms with Gasteiger partial charge in [-0.15, -0.1) is 0 Å². The molecule has 0 radical (unpaired) electrons. The summed E-state index contributed by atoms with van der Waals surface area (Å²) in [5.74, 6) is 0. The van der Waals surface area contributed by atoms with E-state index >= 15 is 0 Å². The molecule has 57 heavy (non-hydrogen) atoms. The highest BCUT2D eigenvalue weighted by Gasteiger charge is 2.46. The highest BCUT2D eigenvalue weighted by Crippen LogP contribution is 2.56. The van der Waals surface area contributed by atoms with E-state index < -0.39 is 5.41 Å². The predicted molar refractivity (Wildman–Crippen MR) is 238 cm³/mol. The number of fused-ring (bicyclic) bond motifs is 6. The molecule has 10 aromatic rings. The summed E-state index contributed by atoms with van der Waals surface area (Å²) in [4.78, 5) is 0. The molecule has 0 amide bonds. The fraction of sp³-hybridized carbons (Fsp3) is 0.0357. The van der Waals surface area contributed by atoms with Gasteiger partial charge in [0.1, 0.15) is 0 Å². The molecule has 0 saturated carbocycles. The van der Waals surface area contributed by atoms with Gasteiger partial charge in [0.05, 0.1) is 16.4 Å². The van der Waals surface area contributed by atoms with Crippen molar-refractivity contribution in [2.75, 3.05) is 0 Å². The lowest BCUT2D eigenvalue weighted by Gasteiger charge is -2.34. The average molecular weight is 726 g/mol. The number of nitrogens with zero attached hydrogens (tertiary/aromatic N) is 1. The zero-order valence-corrected chi connectivity index (χ0v) is 31.5. The smallest absolute Gasteiger partial charge is 0.0714 e. The van der Waals surface area contributed by atoms with E-state index in [2.05, 4.69) is 229 Å². The lowest BCUT2D eigenvalue weighted by molar-refractivity contribution is 0.767. The molecule has 268 valence electrons. The van der Waals surface area contributed by atoms with Crippen molar-refractivity contribution >= 4 is 21.8 Å². The molecule has 0 fully saturated rings. The summed E-state index contributed by atoms with van der Waals surface area (Å²) in [6.45, 7) is 0. The first kappa shape index (κ1) is 33.1. The van der Waals surface area contributed by atoms with Gasteiger partial charge in [-0.3, -0.25) is 0 Å². The predicted octanol–water partition coefficient (Wildman–Crippen LogP) is 14.1. The lowest BCUT2D eigenvalue weighted by atomic mass is 9.67. The van der Waals surface area contributed by atoms with Crippen LogP contribution in [0.25, 0.3) is 60.9 Å². The SMILES string of the molecule is c1ccc(Cc2cccc(-c3cccc(-c4ccc5c(c4)c4ccccc4n5-c4ccc5c(c4)C(c4ccccc4)(c4ccccc4)c4ccccc4-5)c3)c2)cc1. The van der Waals surface area contributed by atoms with Gasteiger partial charge in [-0.25, -0.2) is 0 Å². The van der Waals surface area contributed by atoms with E-state index in [1.165, 1.54) is 88.6 Å². The van der Waals surface area contributed by atoms with E-state index in [0.717, 1.165) is 12.1 Å². The minimum Gasteiger partial charge on any atom is -0.309 e. The van der Waals surface area contributed by atoms with Crippen molar-refractivity contribution in [2.45, 2.75) is 11.8 Å². The van der Waals surface area contributed by atoms with Crippen LogP contribution >= 0.6 is 0 Å². The minimum atomic E-state index is -0.456. The Bertz CT molecular complexity index is 3040. The van der Waals surface area contributed by atoms with Crippen LogP contribution in [0, 0.1) is 0 Å². The Morgan fingerprint density at radius 2 is 0.895 bits per heavy atom. The Morgan fingerprint density at radius 3 is 1.65 bits per heavy atom. The third-order valence-corrected chi connectivity index (χ3v) is 12.1. The quantitative estimate of drug-likeness (QED) is 0.154. The first-order chi connectivity index (χ1) is 28.3. The van der Waals surface area contributed by atoms with Crippen LogP contribution in [-0.2, 0) is 11.8 Å². The maximum absolute atomic E-state index is 2.47. The van der Waals surface area contributed by atoms with Gasteiger partial charge in [-0.05, 0) is 110 Å². The molecule has 0 saturated heterocycles. The van der Waals surface area contributed by atoms with E-state index in [-0.39, 0.29) is 0 Å². The molecule has 1 nitrogen and oxygen atoms in total. The first-order valence-corrected chi connectivity index (χ1v) is 19.9. The molecule has 11 rings (SSSR count). The third-order valence-electron chi connectivity index (χ3n) is 12.1. The summed E-state index contributed by atoms with van der Waals surface area (Å²) >= 11 is 0. The monoisotopic (exact) mass is 725 g/mol. The van der Waals surface area contributed by atoms with Crippen molar-refractivity contribution < 1.29 is 0 Å². The largest absolute Gasteiger partial charge is 0.309 e.